The smallest absolute Gasteiger partial charge is 0.272 e. The Hall–Kier alpha value is -2.28. The van der Waals surface area contributed by atoms with Crippen LogP contribution in [0.25, 0.3) is 16.3 Å². The summed E-state index contributed by atoms with van der Waals surface area (Å²) in [7, 11) is 1.57. The van der Waals surface area contributed by atoms with E-state index >= 15 is 0 Å². The van der Waals surface area contributed by atoms with Crippen LogP contribution in [0, 0.1) is 5.82 Å². The van der Waals surface area contributed by atoms with Gasteiger partial charge in [0.25, 0.3) is 5.91 Å². The van der Waals surface area contributed by atoms with Crippen molar-refractivity contribution in [2.24, 2.45) is 4.99 Å². The largest absolute Gasteiger partial charge is 0.383 e. The average Bonchev–Trinajstić information content (AvgIpc) is 2.97. The molecule has 1 aromatic heterocycles. The van der Waals surface area contributed by atoms with Gasteiger partial charge in [0.05, 0.1) is 16.8 Å². The van der Waals surface area contributed by atoms with Crippen LogP contribution in [0.1, 0.15) is 5.56 Å². The first-order valence-electron chi connectivity index (χ1n) is 7.88. The zero-order chi connectivity index (χ0) is 18.5. The molecule has 134 valence electrons. The summed E-state index contributed by atoms with van der Waals surface area (Å²) in [6.45, 7) is 0.786. The van der Waals surface area contributed by atoms with E-state index in [1.165, 1.54) is 23.5 Å². The molecule has 0 aliphatic rings. The van der Waals surface area contributed by atoms with Gasteiger partial charge in [0.15, 0.2) is 4.80 Å². The number of para-hydroxylation sites is 1. The Kier molecular flexibility index (Phi) is 5.98. The fourth-order valence-electron chi connectivity index (χ4n) is 2.47. The standard InChI is InChI=1S/C19H16ClFN2O2S/c1-25-12-11-23-18-15(21)7-4-8-16(18)26-19(23)22-17(24)10-9-13-5-2-3-6-14(13)20/h2-10H,11-12H2,1H3. The Morgan fingerprint density at radius 3 is 2.88 bits per heavy atom. The second-order valence-corrected chi connectivity index (χ2v) is 6.84. The Labute approximate surface area is 158 Å². The fraction of sp³-hybridized carbons (Fsp3) is 0.158. The van der Waals surface area contributed by atoms with Gasteiger partial charge < -0.3 is 9.30 Å². The maximum Gasteiger partial charge on any atom is 0.272 e. The van der Waals surface area contributed by atoms with Crippen molar-refractivity contribution in [1.29, 1.82) is 0 Å². The van der Waals surface area contributed by atoms with E-state index in [2.05, 4.69) is 4.99 Å². The number of nitrogens with zero attached hydrogens (tertiary/aromatic N) is 2. The van der Waals surface area contributed by atoms with Gasteiger partial charge in [0.2, 0.25) is 0 Å². The van der Waals surface area contributed by atoms with Crippen molar-refractivity contribution in [1.82, 2.24) is 4.57 Å². The van der Waals surface area contributed by atoms with Crippen LogP contribution < -0.4 is 4.80 Å². The van der Waals surface area contributed by atoms with E-state index in [0.717, 1.165) is 10.3 Å². The van der Waals surface area contributed by atoms with Crippen LogP contribution in [0.2, 0.25) is 5.02 Å². The Balaban J connectivity index is 1.99. The molecule has 0 saturated carbocycles. The highest BCUT2D eigenvalue weighted by Gasteiger charge is 2.11. The summed E-state index contributed by atoms with van der Waals surface area (Å²) in [5.74, 6) is -0.793. The van der Waals surface area contributed by atoms with Crippen molar-refractivity contribution in [3.05, 3.63) is 69.7 Å². The lowest BCUT2D eigenvalue weighted by atomic mass is 10.2. The van der Waals surface area contributed by atoms with Crippen molar-refractivity contribution in [3.8, 4) is 0 Å². The number of amides is 1. The number of fused-ring (bicyclic) bond motifs is 1. The SMILES string of the molecule is COCCn1c(=NC(=O)C=Cc2ccccc2Cl)sc2cccc(F)c21. The number of hydrogen-bond acceptors (Lipinski definition) is 3. The molecule has 0 fully saturated rings. The number of carbonyl (C=O) groups is 1. The summed E-state index contributed by atoms with van der Waals surface area (Å²) < 4.78 is 21.7. The lowest BCUT2D eigenvalue weighted by molar-refractivity contribution is -0.113. The molecule has 0 aliphatic heterocycles. The molecule has 0 radical (unpaired) electrons. The van der Waals surface area contributed by atoms with Gasteiger partial charge in [-0.15, -0.1) is 0 Å². The molecular formula is C19H16ClFN2O2S. The van der Waals surface area contributed by atoms with Crippen molar-refractivity contribution in [2.45, 2.75) is 6.54 Å². The highest BCUT2D eigenvalue weighted by Crippen LogP contribution is 2.20. The van der Waals surface area contributed by atoms with E-state index < -0.39 is 5.91 Å². The average molecular weight is 391 g/mol. The normalized spacial score (nSPS) is 12.3. The predicted molar refractivity (Wildman–Crippen MR) is 103 cm³/mol. The van der Waals surface area contributed by atoms with Crippen molar-refractivity contribution < 1.29 is 13.9 Å². The molecule has 0 atom stereocenters. The van der Waals surface area contributed by atoms with Crippen LogP contribution >= 0.6 is 22.9 Å². The number of carbonyl (C=O) groups excluding carboxylic acids is 1. The van der Waals surface area contributed by atoms with Gasteiger partial charge in [-0.05, 0) is 29.8 Å². The third-order valence-electron chi connectivity index (χ3n) is 3.69. The van der Waals surface area contributed by atoms with Crippen molar-refractivity contribution >= 4 is 45.1 Å². The molecular weight excluding hydrogens is 375 g/mol. The molecule has 0 bridgehead atoms. The third kappa shape index (κ3) is 4.09. The summed E-state index contributed by atoms with van der Waals surface area (Å²) >= 11 is 7.33. The molecule has 0 aliphatic carbocycles. The number of methoxy groups -OCH3 is 1. The summed E-state index contributed by atoms with van der Waals surface area (Å²) in [5, 5.41) is 0.552. The summed E-state index contributed by atoms with van der Waals surface area (Å²) in [4.78, 5) is 16.8. The lowest BCUT2D eigenvalue weighted by Crippen LogP contribution is -2.19. The fourth-order valence-corrected chi connectivity index (χ4v) is 3.74. The molecule has 0 spiro atoms. The lowest BCUT2D eigenvalue weighted by Gasteiger charge is -2.04. The minimum Gasteiger partial charge on any atom is -0.383 e. The van der Waals surface area contributed by atoms with Crippen LogP contribution in [-0.2, 0) is 16.1 Å². The number of hydrogen-bond donors (Lipinski definition) is 0. The van der Waals surface area contributed by atoms with Crippen LogP contribution in [0.15, 0.2) is 53.5 Å². The van der Waals surface area contributed by atoms with Gasteiger partial charge in [-0.3, -0.25) is 4.79 Å². The number of thiazole rings is 1. The first-order valence-corrected chi connectivity index (χ1v) is 9.07. The highest BCUT2D eigenvalue weighted by molar-refractivity contribution is 7.16. The highest BCUT2D eigenvalue weighted by atomic mass is 35.5. The van der Waals surface area contributed by atoms with Gasteiger partial charge in [0, 0.05) is 24.8 Å². The quantitative estimate of drug-likeness (QED) is 0.610. The molecule has 1 heterocycles. The van der Waals surface area contributed by atoms with Crippen LogP contribution in [0.4, 0.5) is 4.39 Å². The first-order chi connectivity index (χ1) is 12.6. The molecule has 3 aromatic rings. The third-order valence-corrected chi connectivity index (χ3v) is 5.08. The van der Waals surface area contributed by atoms with Gasteiger partial charge in [-0.1, -0.05) is 47.2 Å². The minimum atomic E-state index is -0.442. The Bertz CT molecular complexity index is 1040. The van der Waals surface area contributed by atoms with E-state index in [0.29, 0.717) is 28.5 Å². The van der Waals surface area contributed by atoms with Gasteiger partial charge in [0.1, 0.15) is 5.82 Å². The summed E-state index contributed by atoms with van der Waals surface area (Å²) in [6, 6.07) is 12.0. The molecule has 3 rings (SSSR count). The van der Waals surface area contributed by atoms with Crippen LogP contribution in [0.3, 0.4) is 0 Å². The molecule has 2 aromatic carbocycles. The molecule has 0 unspecified atom stereocenters. The van der Waals surface area contributed by atoms with Crippen molar-refractivity contribution in [2.75, 3.05) is 13.7 Å². The zero-order valence-corrected chi connectivity index (χ0v) is 15.6. The van der Waals surface area contributed by atoms with Crippen LogP contribution in [-0.4, -0.2) is 24.2 Å². The van der Waals surface area contributed by atoms with E-state index in [4.69, 9.17) is 16.3 Å². The van der Waals surface area contributed by atoms with E-state index in [1.807, 2.05) is 12.1 Å². The maximum atomic E-state index is 14.2. The van der Waals surface area contributed by atoms with Gasteiger partial charge in [-0.2, -0.15) is 4.99 Å². The number of rotatable bonds is 5. The van der Waals surface area contributed by atoms with Crippen molar-refractivity contribution in [3.63, 3.8) is 0 Å². The summed E-state index contributed by atoms with van der Waals surface area (Å²) in [6.07, 6.45) is 2.96. The number of benzene rings is 2. The molecule has 4 nitrogen and oxygen atoms in total. The van der Waals surface area contributed by atoms with E-state index in [9.17, 15) is 9.18 Å². The molecule has 26 heavy (non-hydrogen) atoms. The Morgan fingerprint density at radius 2 is 2.12 bits per heavy atom. The zero-order valence-electron chi connectivity index (χ0n) is 14.0. The minimum absolute atomic E-state index is 0.352. The number of halogens is 2. The number of ether oxygens (including phenoxy) is 1. The second kappa shape index (κ2) is 8.40. The number of aromatic nitrogens is 1. The summed E-state index contributed by atoms with van der Waals surface area (Å²) in [5.41, 5.74) is 1.16. The van der Waals surface area contributed by atoms with Gasteiger partial charge in [-0.25, -0.2) is 4.39 Å². The molecule has 0 N–H and O–H groups in total. The molecule has 7 heteroatoms. The van der Waals surface area contributed by atoms with Crippen LogP contribution in [0.5, 0.6) is 0 Å². The second-order valence-electron chi connectivity index (χ2n) is 5.42. The molecule has 0 saturated heterocycles. The van der Waals surface area contributed by atoms with E-state index in [-0.39, 0.29) is 5.82 Å². The van der Waals surface area contributed by atoms with Gasteiger partial charge >= 0.3 is 0 Å². The first kappa shape index (κ1) is 18.5. The molecule has 1 amide bonds. The van der Waals surface area contributed by atoms with E-state index in [1.54, 1.807) is 42.0 Å². The topological polar surface area (TPSA) is 43.6 Å². The monoisotopic (exact) mass is 390 g/mol. The maximum absolute atomic E-state index is 14.2. The predicted octanol–water partition coefficient (Wildman–Crippen LogP) is 4.28. The Morgan fingerprint density at radius 1 is 1.31 bits per heavy atom.